The minimum Gasteiger partial charge on any atom is -0.484 e. The van der Waals surface area contributed by atoms with Crippen molar-refractivity contribution in [1.29, 1.82) is 0 Å². The highest BCUT2D eigenvalue weighted by Crippen LogP contribution is 2.20. The minimum atomic E-state index is -4.34. The van der Waals surface area contributed by atoms with E-state index in [4.69, 9.17) is 4.74 Å². The Hall–Kier alpha value is -2.29. The number of benzene rings is 1. The number of rotatable bonds is 8. The zero-order valence-electron chi connectivity index (χ0n) is 16.1. The summed E-state index contributed by atoms with van der Waals surface area (Å²) in [6.45, 7) is 6.58. The van der Waals surface area contributed by atoms with E-state index < -0.39 is 12.8 Å². The average molecular weight is 414 g/mol. The van der Waals surface area contributed by atoms with Crippen LogP contribution in [0.2, 0.25) is 0 Å². The number of thiazole rings is 1. The lowest BCUT2D eigenvalue weighted by atomic mass is 10.2. The molecule has 0 saturated carbocycles. The van der Waals surface area contributed by atoms with Gasteiger partial charge in [0, 0.05) is 17.8 Å². The summed E-state index contributed by atoms with van der Waals surface area (Å²) in [4.78, 5) is 9.09. The summed E-state index contributed by atoms with van der Waals surface area (Å²) in [5, 5.41) is 9.54. The van der Waals surface area contributed by atoms with Crippen molar-refractivity contribution in [2.45, 2.75) is 46.0 Å². The Morgan fingerprint density at radius 3 is 2.50 bits per heavy atom. The van der Waals surface area contributed by atoms with Crippen LogP contribution >= 0.6 is 11.3 Å². The molecule has 0 aliphatic heterocycles. The molecule has 0 fully saturated rings. The van der Waals surface area contributed by atoms with Crippen LogP contribution in [0.25, 0.3) is 0 Å². The number of guanidine groups is 1. The highest BCUT2D eigenvalue weighted by atomic mass is 32.1. The van der Waals surface area contributed by atoms with Gasteiger partial charge in [-0.1, -0.05) is 26.0 Å². The molecule has 0 saturated heterocycles. The molecular weight excluding hydrogens is 389 g/mol. The molecule has 2 N–H and O–H groups in total. The van der Waals surface area contributed by atoms with Gasteiger partial charge in [-0.3, -0.25) is 0 Å². The highest BCUT2D eigenvalue weighted by Gasteiger charge is 2.28. The van der Waals surface area contributed by atoms with E-state index in [9.17, 15) is 13.2 Å². The van der Waals surface area contributed by atoms with Crippen molar-refractivity contribution in [3.63, 3.8) is 0 Å². The molecule has 0 aliphatic rings. The van der Waals surface area contributed by atoms with E-state index in [1.807, 2.05) is 12.3 Å². The van der Waals surface area contributed by atoms with Gasteiger partial charge in [0.1, 0.15) is 5.75 Å². The number of alkyl halides is 3. The third-order valence-electron chi connectivity index (χ3n) is 3.59. The van der Waals surface area contributed by atoms with Crippen LogP contribution in [0.4, 0.5) is 13.2 Å². The number of nitrogens with one attached hydrogen (secondary N) is 2. The van der Waals surface area contributed by atoms with Crippen molar-refractivity contribution in [3.8, 4) is 5.75 Å². The van der Waals surface area contributed by atoms with Crippen molar-refractivity contribution in [3.05, 3.63) is 45.9 Å². The van der Waals surface area contributed by atoms with Crippen molar-refractivity contribution in [1.82, 2.24) is 15.6 Å². The molecule has 2 aromatic rings. The third-order valence-corrected chi connectivity index (χ3v) is 4.78. The molecule has 0 radical (unpaired) electrons. The van der Waals surface area contributed by atoms with Crippen LogP contribution in [0.15, 0.2) is 34.6 Å². The maximum Gasteiger partial charge on any atom is 0.422 e. The van der Waals surface area contributed by atoms with E-state index in [0.717, 1.165) is 16.3 Å². The first-order valence-electron chi connectivity index (χ1n) is 9.01. The van der Waals surface area contributed by atoms with E-state index in [0.29, 0.717) is 31.5 Å². The molecule has 0 bridgehead atoms. The predicted molar refractivity (Wildman–Crippen MR) is 106 cm³/mol. The lowest BCUT2D eigenvalue weighted by molar-refractivity contribution is -0.153. The molecule has 0 amide bonds. The summed E-state index contributed by atoms with van der Waals surface area (Å²) in [6, 6.07) is 6.43. The number of ether oxygens (including phenoxy) is 1. The molecule has 5 nitrogen and oxygen atoms in total. The Labute approximate surface area is 167 Å². The van der Waals surface area contributed by atoms with Crippen LogP contribution in [0.1, 0.15) is 43.0 Å². The second-order valence-corrected chi connectivity index (χ2v) is 7.32. The number of aliphatic imine (C=N–C) groups is 1. The van der Waals surface area contributed by atoms with Crippen LogP contribution in [0, 0.1) is 0 Å². The maximum absolute atomic E-state index is 12.2. The van der Waals surface area contributed by atoms with Gasteiger partial charge in [-0.15, -0.1) is 11.3 Å². The largest absolute Gasteiger partial charge is 0.484 e. The van der Waals surface area contributed by atoms with Gasteiger partial charge < -0.3 is 15.4 Å². The first-order chi connectivity index (χ1) is 13.3. The van der Waals surface area contributed by atoms with Gasteiger partial charge in [-0.25, -0.2) is 9.98 Å². The first-order valence-corrected chi connectivity index (χ1v) is 9.89. The van der Waals surface area contributed by atoms with E-state index >= 15 is 0 Å². The van der Waals surface area contributed by atoms with E-state index in [-0.39, 0.29) is 5.75 Å². The Morgan fingerprint density at radius 2 is 1.93 bits per heavy atom. The maximum atomic E-state index is 12.2. The number of hydrogen-bond donors (Lipinski definition) is 2. The van der Waals surface area contributed by atoms with E-state index in [1.54, 1.807) is 23.5 Å². The predicted octanol–water partition coefficient (Wildman–Crippen LogP) is 4.46. The van der Waals surface area contributed by atoms with Crippen molar-refractivity contribution >= 4 is 17.3 Å². The van der Waals surface area contributed by atoms with Gasteiger partial charge in [0.25, 0.3) is 0 Å². The molecule has 28 heavy (non-hydrogen) atoms. The van der Waals surface area contributed by atoms with Crippen LogP contribution in [-0.4, -0.2) is 30.3 Å². The third kappa shape index (κ3) is 7.75. The smallest absolute Gasteiger partial charge is 0.422 e. The Kier molecular flexibility index (Phi) is 8.10. The fourth-order valence-electron chi connectivity index (χ4n) is 2.21. The van der Waals surface area contributed by atoms with E-state index in [1.165, 1.54) is 12.1 Å². The number of aromatic nitrogens is 1. The fourth-order valence-corrected chi connectivity index (χ4v) is 3.05. The van der Waals surface area contributed by atoms with Gasteiger partial charge >= 0.3 is 6.18 Å². The average Bonchev–Trinajstić information content (AvgIpc) is 3.12. The van der Waals surface area contributed by atoms with Crippen LogP contribution < -0.4 is 15.4 Å². The molecule has 1 heterocycles. The molecule has 154 valence electrons. The molecular formula is C19H25F3N4OS. The molecule has 2 rings (SSSR count). The molecule has 0 spiro atoms. The lowest BCUT2D eigenvalue weighted by Gasteiger charge is -2.11. The first kappa shape index (κ1) is 22.0. The van der Waals surface area contributed by atoms with Crippen molar-refractivity contribution < 1.29 is 17.9 Å². The second kappa shape index (κ2) is 10.3. The van der Waals surface area contributed by atoms with E-state index in [2.05, 4.69) is 34.5 Å². The minimum absolute atomic E-state index is 0.180. The quantitative estimate of drug-likeness (QED) is 0.495. The van der Waals surface area contributed by atoms with Gasteiger partial charge in [0.05, 0.1) is 23.8 Å². The van der Waals surface area contributed by atoms with Crippen LogP contribution in [0.3, 0.4) is 0 Å². The molecule has 0 atom stereocenters. The zero-order chi connectivity index (χ0) is 20.6. The monoisotopic (exact) mass is 414 g/mol. The van der Waals surface area contributed by atoms with Gasteiger partial charge in [-0.2, -0.15) is 13.2 Å². The topological polar surface area (TPSA) is 58.5 Å². The second-order valence-electron chi connectivity index (χ2n) is 6.43. The number of nitrogens with zero attached hydrogens (tertiary/aromatic N) is 2. The summed E-state index contributed by atoms with van der Waals surface area (Å²) in [5.74, 6) is 1.24. The standard InChI is InChI=1S/C19H25F3N4OS/c1-4-23-18(25-10-15-11-28-17(26-15)13(2)3)24-9-14-5-7-16(8-6-14)27-12-19(20,21)22/h5-8,11,13H,4,9-10,12H2,1-3H3,(H2,23,24,25). The number of halogens is 3. The fraction of sp³-hybridized carbons (Fsp3) is 0.474. The Morgan fingerprint density at radius 1 is 1.21 bits per heavy atom. The molecule has 0 unspecified atom stereocenters. The summed E-state index contributed by atoms with van der Waals surface area (Å²) in [6.07, 6.45) is -4.34. The highest BCUT2D eigenvalue weighted by molar-refractivity contribution is 7.09. The molecule has 1 aromatic heterocycles. The Bertz CT molecular complexity index is 757. The lowest BCUT2D eigenvalue weighted by Crippen LogP contribution is -2.36. The SMILES string of the molecule is CCNC(=NCc1ccc(OCC(F)(F)F)cc1)NCc1csc(C(C)C)n1. The zero-order valence-corrected chi connectivity index (χ0v) is 17.0. The normalized spacial score (nSPS) is 12.3. The van der Waals surface area contributed by atoms with Crippen LogP contribution in [-0.2, 0) is 13.1 Å². The molecule has 9 heteroatoms. The van der Waals surface area contributed by atoms with Crippen molar-refractivity contribution in [2.24, 2.45) is 4.99 Å². The Balaban J connectivity index is 1.90. The summed E-state index contributed by atoms with van der Waals surface area (Å²) in [7, 11) is 0. The van der Waals surface area contributed by atoms with Gasteiger partial charge in [0.2, 0.25) is 0 Å². The molecule has 0 aliphatic carbocycles. The summed E-state index contributed by atoms with van der Waals surface area (Å²) < 4.78 is 41.2. The summed E-state index contributed by atoms with van der Waals surface area (Å²) in [5.41, 5.74) is 1.83. The van der Waals surface area contributed by atoms with Gasteiger partial charge in [-0.05, 0) is 24.6 Å². The van der Waals surface area contributed by atoms with Gasteiger partial charge in [0.15, 0.2) is 12.6 Å². The molecule has 1 aromatic carbocycles. The van der Waals surface area contributed by atoms with Crippen LogP contribution in [0.5, 0.6) is 5.75 Å². The van der Waals surface area contributed by atoms with Crippen molar-refractivity contribution in [2.75, 3.05) is 13.2 Å². The summed E-state index contributed by atoms with van der Waals surface area (Å²) >= 11 is 1.65. The number of hydrogen-bond acceptors (Lipinski definition) is 4.